The zero-order valence-electron chi connectivity index (χ0n) is 9.32. The fraction of sp³-hybridized carbons (Fsp3) is 0. The molecule has 0 aliphatic carbocycles. The van der Waals surface area contributed by atoms with Gasteiger partial charge in [-0.25, -0.2) is 9.97 Å². The quantitative estimate of drug-likeness (QED) is 0.519. The number of imidazole rings is 1. The number of aromatic nitrogens is 3. The molecule has 0 amide bonds. The van der Waals surface area contributed by atoms with Gasteiger partial charge in [0.25, 0.3) is 0 Å². The van der Waals surface area contributed by atoms with E-state index in [2.05, 4.69) is 15.4 Å². The van der Waals surface area contributed by atoms with Crippen LogP contribution >= 0.6 is 11.8 Å². The number of nitriles is 1. The molecule has 86 valence electrons. The van der Waals surface area contributed by atoms with Crippen LogP contribution in [0.2, 0.25) is 0 Å². The van der Waals surface area contributed by atoms with Crippen molar-refractivity contribution in [2.45, 2.75) is 5.03 Å². The molecule has 3 rings (SSSR count). The van der Waals surface area contributed by atoms with Gasteiger partial charge in [0, 0.05) is 29.7 Å². The fourth-order valence-electron chi connectivity index (χ4n) is 1.79. The van der Waals surface area contributed by atoms with Gasteiger partial charge in [0.1, 0.15) is 16.1 Å². The van der Waals surface area contributed by atoms with Gasteiger partial charge in [0.05, 0.1) is 0 Å². The van der Waals surface area contributed by atoms with E-state index in [1.165, 1.54) is 0 Å². The SMILES string of the molecule is N#CSc1c(-c2ccccc2)nc2ncccn12. The van der Waals surface area contributed by atoms with Crippen LogP contribution in [0.5, 0.6) is 0 Å². The van der Waals surface area contributed by atoms with Crippen LogP contribution in [0, 0.1) is 10.7 Å². The van der Waals surface area contributed by atoms with Crippen molar-refractivity contribution >= 4 is 17.5 Å². The van der Waals surface area contributed by atoms with Crippen molar-refractivity contribution in [2.24, 2.45) is 0 Å². The van der Waals surface area contributed by atoms with E-state index in [0.717, 1.165) is 28.0 Å². The topological polar surface area (TPSA) is 54.0 Å². The number of hydrogen-bond acceptors (Lipinski definition) is 4. The fourth-order valence-corrected chi connectivity index (χ4v) is 2.38. The molecule has 2 aromatic heterocycles. The molecule has 0 aliphatic heterocycles. The average molecular weight is 252 g/mol. The predicted molar refractivity (Wildman–Crippen MR) is 69.9 cm³/mol. The predicted octanol–water partition coefficient (Wildman–Crippen LogP) is 2.97. The number of hydrogen-bond donors (Lipinski definition) is 0. The molecular weight excluding hydrogens is 244 g/mol. The summed E-state index contributed by atoms with van der Waals surface area (Å²) in [5, 5.41) is 11.8. The Bertz CT molecular complexity index is 728. The second-order valence-corrected chi connectivity index (χ2v) is 4.39. The van der Waals surface area contributed by atoms with E-state index in [0.29, 0.717) is 5.78 Å². The highest BCUT2D eigenvalue weighted by molar-refractivity contribution is 8.03. The van der Waals surface area contributed by atoms with Gasteiger partial charge in [0.2, 0.25) is 5.78 Å². The molecule has 0 aliphatic rings. The Labute approximate surface area is 108 Å². The van der Waals surface area contributed by atoms with E-state index in [1.54, 1.807) is 6.20 Å². The molecule has 0 bridgehead atoms. The van der Waals surface area contributed by atoms with Gasteiger partial charge in [-0.1, -0.05) is 30.3 Å². The van der Waals surface area contributed by atoms with Crippen molar-refractivity contribution in [3.8, 4) is 16.7 Å². The first kappa shape index (κ1) is 10.8. The third kappa shape index (κ3) is 1.73. The number of thioether (sulfide) groups is 1. The van der Waals surface area contributed by atoms with Gasteiger partial charge in [-0.2, -0.15) is 5.26 Å². The first-order valence-corrected chi connectivity index (χ1v) is 6.16. The minimum atomic E-state index is 0.606. The molecule has 5 heteroatoms. The Balaban J connectivity index is 2.29. The number of nitrogens with zero attached hydrogens (tertiary/aromatic N) is 4. The third-order valence-electron chi connectivity index (χ3n) is 2.55. The molecule has 4 nitrogen and oxygen atoms in total. The lowest BCUT2D eigenvalue weighted by Gasteiger charge is -1.99. The molecule has 0 radical (unpaired) electrons. The highest BCUT2D eigenvalue weighted by Crippen LogP contribution is 2.30. The van der Waals surface area contributed by atoms with Gasteiger partial charge < -0.3 is 0 Å². The number of thiocyanates is 1. The molecule has 0 atom stereocenters. The van der Waals surface area contributed by atoms with Crippen molar-refractivity contribution in [1.82, 2.24) is 14.4 Å². The molecule has 0 unspecified atom stereocenters. The van der Waals surface area contributed by atoms with Crippen LogP contribution in [0.15, 0.2) is 53.8 Å². The summed E-state index contributed by atoms with van der Waals surface area (Å²) in [7, 11) is 0. The summed E-state index contributed by atoms with van der Waals surface area (Å²) in [4.78, 5) is 8.68. The van der Waals surface area contributed by atoms with Crippen LogP contribution in [0.25, 0.3) is 17.0 Å². The lowest BCUT2D eigenvalue weighted by molar-refractivity contribution is 1.02. The van der Waals surface area contributed by atoms with Crippen LogP contribution in [0.4, 0.5) is 0 Å². The summed E-state index contributed by atoms with van der Waals surface area (Å²) < 4.78 is 1.83. The molecule has 0 fully saturated rings. The summed E-state index contributed by atoms with van der Waals surface area (Å²) >= 11 is 1.10. The maximum absolute atomic E-state index is 8.92. The first-order chi connectivity index (χ1) is 8.90. The number of fused-ring (bicyclic) bond motifs is 1. The average Bonchev–Trinajstić information content (AvgIpc) is 2.80. The van der Waals surface area contributed by atoms with Crippen molar-refractivity contribution < 1.29 is 0 Å². The molecule has 0 N–H and O–H groups in total. The molecule has 18 heavy (non-hydrogen) atoms. The summed E-state index contributed by atoms with van der Waals surface area (Å²) in [6, 6.07) is 11.6. The van der Waals surface area contributed by atoms with E-state index in [-0.39, 0.29) is 0 Å². The van der Waals surface area contributed by atoms with E-state index < -0.39 is 0 Å². The molecule has 2 heterocycles. The van der Waals surface area contributed by atoms with Crippen LogP contribution in [0.1, 0.15) is 0 Å². The summed E-state index contributed by atoms with van der Waals surface area (Å²) in [6.45, 7) is 0. The lowest BCUT2D eigenvalue weighted by atomic mass is 10.2. The monoisotopic (exact) mass is 252 g/mol. The second-order valence-electron chi connectivity index (χ2n) is 3.61. The van der Waals surface area contributed by atoms with Crippen LogP contribution in [-0.2, 0) is 0 Å². The van der Waals surface area contributed by atoms with Crippen molar-refractivity contribution in [1.29, 1.82) is 5.26 Å². The molecule has 0 saturated carbocycles. The van der Waals surface area contributed by atoms with Crippen molar-refractivity contribution in [3.05, 3.63) is 48.8 Å². The highest BCUT2D eigenvalue weighted by atomic mass is 32.2. The Kier molecular flexibility index (Phi) is 2.71. The van der Waals surface area contributed by atoms with Crippen molar-refractivity contribution in [3.63, 3.8) is 0 Å². The smallest absolute Gasteiger partial charge is 0.235 e. The molecule has 0 spiro atoms. The minimum absolute atomic E-state index is 0.606. The van der Waals surface area contributed by atoms with Gasteiger partial charge in [-0.15, -0.1) is 0 Å². The zero-order chi connectivity index (χ0) is 12.4. The van der Waals surface area contributed by atoms with Crippen LogP contribution in [-0.4, -0.2) is 14.4 Å². The van der Waals surface area contributed by atoms with Crippen LogP contribution < -0.4 is 0 Å². The molecule has 3 aromatic rings. The third-order valence-corrected chi connectivity index (χ3v) is 3.22. The van der Waals surface area contributed by atoms with E-state index in [4.69, 9.17) is 5.26 Å². The van der Waals surface area contributed by atoms with Gasteiger partial charge in [-0.05, 0) is 6.07 Å². The van der Waals surface area contributed by atoms with E-state index >= 15 is 0 Å². The lowest BCUT2D eigenvalue weighted by Crippen LogP contribution is -1.87. The van der Waals surface area contributed by atoms with Gasteiger partial charge >= 0.3 is 0 Å². The summed E-state index contributed by atoms with van der Waals surface area (Å²) in [6.07, 6.45) is 3.55. The standard InChI is InChI=1S/C13H8N4S/c14-9-18-12-11(10-5-2-1-3-6-10)16-13-15-7-4-8-17(12)13/h1-8H. The largest absolute Gasteiger partial charge is 0.277 e. The highest BCUT2D eigenvalue weighted by Gasteiger charge is 2.14. The maximum Gasteiger partial charge on any atom is 0.235 e. The maximum atomic E-state index is 8.92. The molecular formula is C13H8N4S. The Hall–Kier alpha value is -2.32. The van der Waals surface area contributed by atoms with Gasteiger partial charge in [-0.3, -0.25) is 4.40 Å². The van der Waals surface area contributed by atoms with Gasteiger partial charge in [0.15, 0.2) is 0 Å². The number of rotatable bonds is 2. The summed E-state index contributed by atoms with van der Waals surface area (Å²) in [5.74, 6) is 0.606. The zero-order valence-corrected chi connectivity index (χ0v) is 10.1. The van der Waals surface area contributed by atoms with E-state index in [9.17, 15) is 0 Å². The normalized spacial score (nSPS) is 10.4. The Morgan fingerprint density at radius 3 is 2.78 bits per heavy atom. The number of benzene rings is 1. The van der Waals surface area contributed by atoms with Crippen molar-refractivity contribution in [2.75, 3.05) is 0 Å². The van der Waals surface area contributed by atoms with E-state index in [1.807, 2.05) is 47.0 Å². The van der Waals surface area contributed by atoms with Crippen LogP contribution in [0.3, 0.4) is 0 Å². The summed E-state index contributed by atoms with van der Waals surface area (Å²) in [5.41, 5.74) is 1.78. The molecule has 1 aromatic carbocycles. The Morgan fingerprint density at radius 2 is 2.00 bits per heavy atom. The molecule has 0 saturated heterocycles. The second kappa shape index (κ2) is 4.51. The first-order valence-electron chi connectivity index (χ1n) is 5.34. The minimum Gasteiger partial charge on any atom is -0.277 e. The Morgan fingerprint density at radius 1 is 1.17 bits per heavy atom.